The molecule has 1 fully saturated rings. The van der Waals surface area contributed by atoms with Gasteiger partial charge in [-0.05, 0) is 48.4 Å². The summed E-state index contributed by atoms with van der Waals surface area (Å²) in [6, 6.07) is 6.28. The van der Waals surface area contributed by atoms with Crippen LogP contribution in [0.2, 0.25) is 0 Å². The Labute approximate surface area is 141 Å². The summed E-state index contributed by atoms with van der Waals surface area (Å²) in [5.74, 6) is 0.290. The zero-order valence-corrected chi connectivity index (χ0v) is 14.7. The van der Waals surface area contributed by atoms with Crippen LogP contribution < -0.4 is 5.73 Å². The molecule has 4 heteroatoms. The number of halogens is 1. The van der Waals surface area contributed by atoms with E-state index in [1.54, 1.807) is 0 Å². The van der Waals surface area contributed by atoms with Crippen LogP contribution in [0.5, 0.6) is 0 Å². The van der Waals surface area contributed by atoms with Crippen molar-refractivity contribution in [1.29, 1.82) is 0 Å². The average Bonchev–Trinajstić information content (AvgIpc) is 2.55. The van der Waals surface area contributed by atoms with Crippen LogP contribution in [0.4, 0.5) is 0 Å². The second-order valence-electron chi connectivity index (χ2n) is 6.88. The molecule has 0 bridgehead atoms. The second-order valence-corrected chi connectivity index (χ2v) is 7.74. The first kappa shape index (κ1) is 16.0. The summed E-state index contributed by atoms with van der Waals surface area (Å²) in [5, 5.41) is 0. The Kier molecular flexibility index (Phi) is 4.88. The van der Waals surface area contributed by atoms with Crippen molar-refractivity contribution in [2.45, 2.75) is 51.5 Å². The zero-order valence-electron chi connectivity index (χ0n) is 13.1. The fourth-order valence-corrected chi connectivity index (χ4v) is 4.57. The molecule has 0 spiro atoms. The summed E-state index contributed by atoms with van der Waals surface area (Å²) in [6.45, 7) is 2.22. The predicted molar refractivity (Wildman–Crippen MR) is 92.5 cm³/mol. The number of carbonyl (C=O) groups excluding carboxylic acids is 1. The summed E-state index contributed by atoms with van der Waals surface area (Å²) < 4.78 is 1.17. The maximum Gasteiger partial charge on any atom is 0.223 e. The highest BCUT2D eigenvalue weighted by molar-refractivity contribution is 9.10. The van der Waals surface area contributed by atoms with E-state index in [-0.39, 0.29) is 11.3 Å². The van der Waals surface area contributed by atoms with E-state index in [2.05, 4.69) is 34.1 Å². The number of rotatable bonds is 3. The van der Waals surface area contributed by atoms with Gasteiger partial charge < -0.3 is 10.6 Å². The van der Waals surface area contributed by atoms with Crippen molar-refractivity contribution in [3.63, 3.8) is 0 Å². The quantitative estimate of drug-likeness (QED) is 0.889. The van der Waals surface area contributed by atoms with Crippen LogP contribution in [-0.2, 0) is 17.8 Å². The van der Waals surface area contributed by atoms with Gasteiger partial charge in [-0.25, -0.2) is 0 Å². The molecule has 0 saturated heterocycles. The Balaban J connectivity index is 1.68. The second kappa shape index (κ2) is 6.71. The highest BCUT2D eigenvalue weighted by atomic mass is 79.9. The first-order valence-electron chi connectivity index (χ1n) is 8.38. The van der Waals surface area contributed by atoms with Gasteiger partial charge in [0.05, 0.1) is 0 Å². The van der Waals surface area contributed by atoms with Gasteiger partial charge in [-0.1, -0.05) is 47.3 Å². The maximum absolute atomic E-state index is 12.8. The molecule has 1 heterocycles. The molecular formula is C18H25BrN2O. The van der Waals surface area contributed by atoms with Crippen LogP contribution in [0.1, 0.15) is 49.7 Å². The number of fused-ring (bicyclic) bond motifs is 1. The molecule has 3 nitrogen and oxygen atoms in total. The SMILES string of the molecule is NCC1(CC(=O)N2CCc3c(Br)cccc3C2)CCCCC1. The van der Waals surface area contributed by atoms with Crippen LogP contribution in [0.3, 0.4) is 0 Å². The third kappa shape index (κ3) is 3.23. The van der Waals surface area contributed by atoms with E-state index in [0.29, 0.717) is 13.0 Å². The van der Waals surface area contributed by atoms with Gasteiger partial charge in [0, 0.05) is 24.0 Å². The molecule has 0 atom stereocenters. The van der Waals surface area contributed by atoms with Gasteiger partial charge in [0.2, 0.25) is 5.91 Å². The molecule has 0 unspecified atom stereocenters. The molecule has 3 rings (SSSR count). The first-order valence-corrected chi connectivity index (χ1v) is 9.17. The van der Waals surface area contributed by atoms with E-state index in [1.165, 1.54) is 34.9 Å². The summed E-state index contributed by atoms with van der Waals surface area (Å²) in [7, 11) is 0. The highest BCUT2D eigenvalue weighted by Crippen LogP contribution is 2.39. The standard InChI is InChI=1S/C18H25BrN2O/c19-16-6-4-5-14-12-21(10-7-15(14)16)17(22)11-18(13-20)8-2-1-3-9-18/h4-6H,1-3,7-13,20H2. The number of nitrogens with zero attached hydrogens (tertiary/aromatic N) is 1. The highest BCUT2D eigenvalue weighted by Gasteiger charge is 2.35. The number of benzene rings is 1. The monoisotopic (exact) mass is 364 g/mol. The van der Waals surface area contributed by atoms with Gasteiger partial charge in [0.1, 0.15) is 0 Å². The summed E-state index contributed by atoms with van der Waals surface area (Å²) >= 11 is 3.62. The van der Waals surface area contributed by atoms with Gasteiger partial charge in [0.15, 0.2) is 0 Å². The lowest BCUT2D eigenvalue weighted by molar-refractivity contribution is -0.135. The van der Waals surface area contributed by atoms with Crippen LogP contribution in [0.25, 0.3) is 0 Å². The fraction of sp³-hybridized carbons (Fsp3) is 0.611. The number of carbonyl (C=O) groups is 1. The number of amides is 1. The van der Waals surface area contributed by atoms with Crippen LogP contribution in [-0.4, -0.2) is 23.9 Å². The van der Waals surface area contributed by atoms with Crippen LogP contribution in [0, 0.1) is 5.41 Å². The van der Waals surface area contributed by atoms with Crippen molar-refractivity contribution in [2.24, 2.45) is 11.1 Å². The predicted octanol–water partition coefficient (Wildman–Crippen LogP) is 3.63. The van der Waals surface area contributed by atoms with Gasteiger partial charge in [-0.3, -0.25) is 4.79 Å². The maximum atomic E-state index is 12.8. The third-order valence-electron chi connectivity index (χ3n) is 5.43. The van der Waals surface area contributed by atoms with Crippen molar-refractivity contribution >= 4 is 21.8 Å². The Bertz CT molecular complexity index is 552. The van der Waals surface area contributed by atoms with E-state index in [9.17, 15) is 4.79 Å². The fourth-order valence-electron chi connectivity index (χ4n) is 3.96. The summed E-state index contributed by atoms with van der Waals surface area (Å²) in [5.41, 5.74) is 8.73. The lowest BCUT2D eigenvalue weighted by atomic mass is 9.71. The molecule has 22 heavy (non-hydrogen) atoms. The van der Waals surface area contributed by atoms with Gasteiger partial charge >= 0.3 is 0 Å². The van der Waals surface area contributed by atoms with Crippen molar-refractivity contribution in [2.75, 3.05) is 13.1 Å². The average molecular weight is 365 g/mol. The van der Waals surface area contributed by atoms with Crippen molar-refractivity contribution < 1.29 is 4.79 Å². The van der Waals surface area contributed by atoms with Crippen molar-refractivity contribution in [3.05, 3.63) is 33.8 Å². The minimum absolute atomic E-state index is 0.0624. The third-order valence-corrected chi connectivity index (χ3v) is 6.18. The van der Waals surface area contributed by atoms with Crippen LogP contribution in [0.15, 0.2) is 22.7 Å². The van der Waals surface area contributed by atoms with Crippen LogP contribution >= 0.6 is 15.9 Å². The molecule has 1 amide bonds. The van der Waals surface area contributed by atoms with Gasteiger partial charge in [-0.2, -0.15) is 0 Å². The Morgan fingerprint density at radius 1 is 1.27 bits per heavy atom. The minimum atomic E-state index is 0.0624. The molecule has 2 N–H and O–H groups in total. The molecule has 1 aliphatic carbocycles. The van der Waals surface area contributed by atoms with E-state index in [0.717, 1.165) is 32.4 Å². The molecule has 0 aromatic heterocycles. The zero-order chi connectivity index (χ0) is 15.6. The van der Waals surface area contributed by atoms with Gasteiger partial charge in [0.25, 0.3) is 0 Å². The molecule has 1 aromatic carbocycles. The summed E-state index contributed by atoms with van der Waals surface area (Å²) in [4.78, 5) is 14.8. The molecule has 2 aliphatic rings. The molecule has 120 valence electrons. The van der Waals surface area contributed by atoms with E-state index < -0.39 is 0 Å². The molecular weight excluding hydrogens is 340 g/mol. The smallest absolute Gasteiger partial charge is 0.223 e. The Hall–Kier alpha value is -0.870. The minimum Gasteiger partial charge on any atom is -0.338 e. The number of nitrogens with two attached hydrogens (primary N) is 1. The largest absolute Gasteiger partial charge is 0.338 e. The summed E-state index contributed by atoms with van der Waals surface area (Å²) in [6.07, 6.45) is 7.54. The van der Waals surface area contributed by atoms with Crippen molar-refractivity contribution in [1.82, 2.24) is 4.90 Å². The lowest BCUT2D eigenvalue weighted by Crippen LogP contribution is -2.42. The van der Waals surface area contributed by atoms with E-state index in [1.807, 2.05) is 4.90 Å². The molecule has 0 radical (unpaired) electrons. The number of hydrogen-bond acceptors (Lipinski definition) is 2. The Morgan fingerprint density at radius 2 is 2.05 bits per heavy atom. The topological polar surface area (TPSA) is 46.3 Å². The molecule has 1 aliphatic heterocycles. The first-order chi connectivity index (χ1) is 10.6. The normalized spacial score (nSPS) is 20.5. The molecule has 1 aromatic rings. The van der Waals surface area contributed by atoms with Crippen molar-refractivity contribution in [3.8, 4) is 0 Å². The van der Waals surface area contributed by atoms with E-state index >= 15 is 0 Å². The lowest BCUT2D eigenvalue weighted by Gasteiger charge is -2.38. The number of hydrogen-bond donors (Lipinski definition) is 1. The Morgan fingerprint density at radius 3 is 2.77 bits per heavy atom. The van der Waals surface area contributed by atoms with E-state index in [4.69, 9.17) is 5.73 Å². The molecule has 1 saturated carbocycles. The van der Waals surface area contributed by atoms with Gasteiger partial charge in [-0.15, -0.1) is 0 Å².